The van der Waals surface area contributed by atoms with Crippen LogP contribution >= 0.6 is 24.4 Å². The van der Waals surface area contributed by atoms with E-state index in [2.05, 4.69) is 46.9 Å². The number of carbonyl (C=O) groups is 4. The normalized spacial score (nSPS) is 15.6. The van der Waals surface area contributed by atoms with Gasteiger partial charge in [-0.25, -0.2) is 37.5 Å². The minimum Gasteiger partial charge on any atom is -0.460 e. The summed E-state index contributed by atoms with van der Waals surface area (Å²) in [6.45, 7) is 23.8. The standard InChI is InChI=1S/C29H35FN2O4S.C17H24O2S.C13H15FN2O2/c1-28(2,3)35-25(33)13-10-18-8-7-9-19-14-21(11-12-22(18)19)37-24-16-20(30)15-23-26(24)31-17-32(23)27(34)36-29(4,5)6;1-17(2,3)19-16(18)10-7-12-5-4-6-13-11-14(20)8-9-15(12)13;1-8-5-9(14)6-10-11(8)15-7-16(10)12(17)18-13(2,3)4/h11-12,14-18H,7-10,13H2,1-6H3;8-9,11-12,20H,4-7,10H2,1-3H3;5-7H,1-4H3/t18-;12-;/m00./s1. The zero-order valence-corrected chi connectivity index (χ0v) is 47.5. The van der Waals surface area contributed by atoms with Gasteiger partial charge in [-0.2, -0.15) is 0 Å². The topological polar surface area (TPSA) is 141 Å². The van der Waals surface area contributed by atoms with E-state index < -0.39 is 40.6 Å². The lowest BCUT2D eigenvalue weighted by molar-refractivity contribution is -0.156. The van der Waals surface area contributed by atoms with Crippen LogP contribution in [0.25, 0.3) is 22.1 Å². The summed E-state index contributed by atoms with van der Waals surface area (Å²) >= 11 is 5.83. The van der Waals surface area contributed by atoms with Gasteiger partial charge in [0.1, 0.15) is 52.2 Å². The van der Waals surface area contributed by atoms with Crippen molar-refractivity contribution < 1.29 is 46.9 Å². The summed E-state index contributed by atoms with van der Waals surface area (Å²) in [5.74, 6) is -0.283. The summed E-state index contributed by atoms with van der Waals surface area (Å²) in [6.07, 6.45) is 10.7. The lowest BCUT2D eigenvalue weighted by Gasteiger charge is -2.26. The number of fused-ring (bicyclic) bond motifs is 4. The van der Waals surface area contributed by atoms with Gasteiger partial charge in [-0.15, -0.1) is 12.6 Å². The Morgan fingerprint density at radius 2 is 1.04 bits per heavy atom. The molecule has 0 aliphatic heterocycles. The molecule has 0 spiro atoms. The molecule has 0 saturated carbocycles. The Morgan fingerprint density at radius 3 is 1.53 bits per heavy atom. The molecule has 4 aromatic carbocycles. The van der Waals surface area contributed by atoms with Crippen LogP contribution in [0, 0.1) is 18.6 Å². The fourth-order valence-corrected chi connectivity index (χ4v) is 10.5. The Labute approximate surface area is 450 Å². The number of ether oxygens (including phenoxy) is 4. The Morgan fingerprint density at radius 1 is 0.600 bits per heavy atom. The first-order valence-corrected chi connectivity index (χ1v) is 27.0. The van der Waals surface area contributed by atoms with Gasteiger partial charge in [0.15, 0.2) is 0 Å². The number of aromatic nitrogens is 4. The van der Waals surface area contributed by atoms with Crippen molar-refractivity contribution in [2.45, 2.75) is 203 Å². The molecule has 0 bridgehead atoms. The number of thiol groups is 1. The lowest BCUT2D eigenvalue weighted by atomic mass is 9.80. The Bertz CT molecular complexity index is 3030. The van der Waals surface area contributed by atoms with Crippen LogP contribution in [0.3, 0.4) is 0 Å². The number of hydrogen-bond acceptors (Lipinski definition) is 12. The number of nitrogens with zero attached hydrogens (tertiary/aromatic N) is 4. The van der Waals surface area contributed by atoms with Gasteiger partial charge >= 0.3 is 24.1 Å². The van der Waals surface area contributed by atoms with E-state index in [4.69, 9.17) is 18.9 Å². The van der Waals surface area contributed by atoms with Gasteiger partial charge in [-0.05, 0) is 217 Å². The summed E-state index contributed by atoms with van der Waals surface area (Å²) < 4.78 is 52.0. The zero-order valence-electron chi connectivity index (χ0n) is 45.8. The summed E-state index contributed by atoms with van der Waals surface area (Å²) in [4.78, 5) is 59.8. The van der Waals surface area contributed by atoms with Gasteiger partial charge < -0.3 is 18.9 Å². The molecule has 0 unspecified atom stereocenters. The number of imidazole rings is 2. The molecule has 0 N–H and O–H groups in total. The van der Waals surface area contributed by atoms with Crippen LogP contribution in [-0.2, 0) is 41.4 Å². The highest BCUT2D eigenvalue weighted by molar-refractivity contribution is 7.99. The van der Waals surface area contributed by atoms with Crippen LogP contribution in [0.2, 0.25) is 0 Å². The van der Waals surface area contributed by atoms with E-state index in [1.54, 1.807) is 48.5 Å². The Hall–Kier alpha value is -5.74. The van der Waals surface area contributed by atoms with Crippen LogP contribution in [-0.4, -0.2) is 65.6 Å². The summed E-state index contributed by atoms with van der Waals surface area (Å²) in [5.41, 5.74) is 5.83. The first-order chi connectivity index (χ1) is 34.9. The molecular weight excluding hydrogens is 995 g/mol. The van der Waals surface area contributed by atoms with Crippen molar-refractivity contribution >= 4 is 70.6 Å². The molecule has 75 heavy (non-hydrogen) atoms. The molecule has 2 atom stereocenters. The minimum absolute atomic E-state index is 0.0876. The number of carbonyl (C=O) groups excluding carboxylic acids is 4. The molecule has 16 heteroatoms. The van der Waals surface area contributed by atoms with Gasteiger partial charge in [0.2, 0.25) is 0 Å². The predicted molar refractivity (Wildman–Crippen MR) is 293 cm³/mol. The fourth-order valence-electron chi connectivity index (χ4n) is 9.24. The molecule has 0 saturated heterocycles. The van der Waals surface area contributed by atoms with Gasteiger partial charge in [0, 0.05) is 39.7 Å². The molecule has 0 radical (unpaired) electrons. The molecule has 8 rings (SSSR count). The SMILES string of the molecule is CC(C)(C)OC(=O)CC[C@@H]1CCCc2cc(S)ccc21.CC(C)(C)OC(=O)CC[C@@H]1CCCc2cc(Sc3cc(F)cc4c3ncn4C(=O)OC(C)(C)C)ccc21.Cc1cc(F)cc2c1ncn2C(=O)OC(C)(C)C. The number of halogens is 2. The molecule has 12 nitrogen and oxygen atoms in total. The highest BCUT2D eigenvalue weighted by Gasteiger charge is 2.27. The minimum atomic E-state index is -0.674. The maximum Gasteiger partial charge on any atom is 0.420 e. The molecule has 0 fully saturated rings. The third-order valence-electron chi connectivity index (χ3n) is 12.1. The highest BCUT2D eigenvalue weighted by Crippen LogP contribution is 2.41. The molecular formula is C59H74F2N4O8S2. The molecule has 2 aliphatic carbocycles. The summed E-state index contributed by atoms with van der Waals surface area (Å²) in [7, 11) is 0. The maximum absolute atomic E-state index is 14.6. The van der Waals surface area contributed by atoms with Crippen molar-refractivity contribution in [3.8, 4) is 0 Å². The summed E-state index contributed by atoms with van der Waals surface area (Å²) in [6, 6.07) is 18.1. The average Bonchev–Trinajstić information content (AvgIpc) is 3.91. The van der Waals surface area contributed by atoms with Crippen LogP contribution in [0.15, 0.2) is 88.0 Å². The first-order valence-electron chi connectivity index (χ1n) is 25.7. The molecule has 2 aliphatic rings. The largest absolute Gasteiger partial charge is 0.460 e. The number of rotatable bonds is 8. The van der Waals surface area contributed by atoms with Crippen LogP contribution < -0.4 is 0 Å². The maximum atomic E-state index is 14.6. The van der Waals surface area contributed by atoms with Gasteiger partial charge in [-0.3, -0.25) is 9.59 Å². The van der Waals surface area contributed by atoms with Gasteiger partial charge in [-0.1, -0.05) is 23.9 Å². The second-order valence-electron chi connectivity index (χ2n) is 23.3. The predicted octanol–water partition coefficient (Wildman–Crippen LogP) is 15.4. The van der Waals surface area contributed by atoms with Crippen molar-refractivity contribution in [3.63, 3.8) is 0 Å². The fraction of sp³-hybridized carbons (Fsp3) is 0.492. The molecule has 404 valence electrons. The van der Waals surface area contributed by atoms with Crippen molar-refractivity contribution in [3.05, 3.63) is 113 Å². The average molecular weight is 1070 g/mol. The number of hydrogen-bond donors (Lipinski definition) is 1. The van der Waals surface area contributed by atoms with Crippen LogP contribution in [0.4, 0.5) is 18.4 Å². The molecule has 2 aromatic heterocycles. The smallest absolute Gasteiger partial charge is 0.420 e. The molecule has 0 amide bonds. The third kappa shape index (κ3) is 17.1. The summed E-state index contributed by atoms with van der Waals surface area (Å²) in [5, 5.41) is 0. The van der Waals surface area contributed by atoms with E-state index in [9.17, 15) is 28.0 Å². The lowest BCUT2D eigenvalue weighted by Crippen LogP contribution is -2.26. The van der Waals surface area contributed by atoms with E-state index >= 15 is 0 Å². The zero-order chi connectivity index (χ0) is 55.2. The van der Waals surface area contributed by atoms with E-state index in [0.717, 1.165) is 48.3 Å². The van der Waals surface area contributed by atoms with E-state index in [1.165, 1.54) is 92.9 Å². The Balaban J connectivity index is 0.000000202. The number of aryl methyl sites for hydroxylation is 3. The van der Waals surface area contributed by atoms with Crippen molar-refractivity contribution in [1.82, 2.24) is 19.1 Å². The molecule has 2 heterocycles. The third-order valence-corrected chi connectivity index (χ3v) is 13.4. The number of benzene rings is 4. The number of esters is 2. The monoisotopic (exact) mass is 1070 g/mol. The second-order valence-corrected chi connectivity index (χ2v) is 25.0. The van der Waals surface area contributed by atoms with Crippen molar-refractivity contribution in [2.75, 3.05) is 0 Å². The Kier molecular flexibility index (Phi) is 18.8. The van der Waals surface area contributed by atoms with Gasteiger partial charge in [0.05, 0.1) is 16.6 Å². The highest BCUT2D eigenvalue weighted by atomic mass is 32.2. The first kappa shape index (κ1) is 58.5. The quantitative estimate of drug-likeness (QED) is 0.0885. The van der Waals surface area contributed by atoms with Crippen LogP contribution in [0.5, 0.6) is 0 Å². The van der Waals surface area contributed by atoms with Crippen molar-refractivity contribution in [1.29, 1.82) is 0 Å². The molecule has 6 aromatic rings. The van der Waals surface area contributed by atoms with Gasteiger partial charge in [0.25, 0.3) is 0 Å². The van der Waals surface area contributed by atoms with E-state index in [0.29, 0.717) is 57.2 Å². The van der Waals surface area contributed by atoms with E-state index in [1.807, 2.05) is 53.7 Å². The second kappa shape index (κ2) is 24.1. The van der Waals surface area contributed by atoms with E-state index in [-0.39, 0.29) is 17.5 Å². The van der Waals surface area contributed by atoms with Crippen molar-refractivity contribution in [2.24, 2.45) is 0 Å². The van der Waals surface area contributed by atoms with Crippen LogP contribution in [0.1, 0.15) is 174 Å².